The minimum Gasteiger partial charge on any atom is -0.319 e. The van der Waals surface area contributed by atoms with Gasteiger partial charge in [0, 0.05) is 16.3 Å². The third-order valence-electron chi connectivity index (χ3n) is 4.59. The molecule has 0 aliphatic heterocycles. The van der Waals surface area contributed by atoms with Crippen LogP contribution in [0.5, 0.6) is 0 Å². The molecule has 0 bridgehead atoms. The van der Waals surface area contributed by atoms with Gasteiger partial charge in [0.25, 0.3) is 5.91 Å². The van der Waals surface area contributed by atoms with Gasteiger partial charge in [-0.25, -0.2) is 14.1 Å². The lowest BCUT2D eigenvalue weighted by Crippen LogP contribution is -2.15. The summed E-state index contributed by atoms with van der Waals surface area (Å²) in [4.78, 5) is 17.3. The predicted octanol–water partition coefficient (Wildman–Crippen LogP) is 5.60. The molecule has 0 saturated heterocycles. The van der Waals surface area contributed by atoms with Crippen LogP contribution in [0.2, 0.25) is 5.02 Å². The zero-order chi connectivity index (χ0) is 21.3. The summed E-state index contributed by atoms with van der Waals surface area (Å²) >= 11 is 6.13. The molecule has 0 aliphatic rings. The Hall–Kier alpha value is -3.51. The Kier molecular flexibility index (Phi) is 5.33. The Labute approximate surface area is 178 Å². The molecule has 1 aromatic heterocycles. The fourth-order valence-corrected chi connectivity index (χ4v) is 3.31. The number of nitrogens with one attached hydrogen (secondary N) is 1. The average molecular weight is 421 g/mol. The van der Waals surface area contributed by atoms with Crippen molar-refractivity contribution in [2.45, 2.75) is 13.8 Å². The van der Waals surface area contributed by atoms with Crippen LogP contribution in [-0.4, -0.2) is 20.7 Å². The van der Waals surface area contributed by atoms with E-state index in [1.165, 1.54) is 16.8 Å². The molecule has 0 unspecified atom stereocenters. The van der Waals surface area contributed by atoms with Gasteiger partial charge in [-0.05, 0) is 61.9 Å². The van der Waals surface area contributed by atoms with Gasteiger partial charge in [-0.3, -0.25) is 4.79 Å². The topological polar surface area (TPSA) is 59.8 Å². The van der Waals surface area contributed by atoms with Crippen molar-refractivity contribution in [3.63, 3.8) is 0 Å². The Morgan fingerprint density at radius 3 is 2.50 bits per heavy atom. The smallest absolute Gasteiger partial charge is 0.295 e. The third-order valence-corrected chi connectivity index (χ3v) is 4.83. The average Bonchev–Trinajstić information content (AvgIpc) is 3.16. The summed E-state index contributed by atoms with van der Waals surface area (Å²) < 4.78 is 14.9. The van der Waals surface area contributed by atoms with E-state index in [0.29, 0.717) is 27.8 Å². The number of nitrogens with zero attached hydrogens (tertiary/aromatic N) is 3. The number of rotatable bonds is 4. The van der Waals surface area contributed by atoms with E-state index < -0.39 is 5.91 Å². The largest absolute Gasteiger partial charge is 0.319 e. The molecule has 0 radical (unpaired) electrons. The van der Waals surface area contributed by atoms with E-state index in [1.54, 1.807) is 30.3 Å². The van der Waals surface area contributed by atoms with Crippen LogP contribution in [0.4, 0.5) is 10.1 Å². The molecule has 150 valence electrons. The van der Waals surface area contributed by atoms with Crippen molar-refractivity contribution in [3.05, 3.63) is 94.5 Å². The van der Waals surface area contributed by atoms with Crippen molar-refractivity contribution in [2.24, 2.45) is 0 Å². The number of aromatic nitrogens is 3. The zero-order valence-electron chi connectivity index (χ0n) is 16.4. The van der Waals surface area contributed by atoms with Crippen LogP contribution in [0, 0.1) is 19.7 Å². The van der Waals surface area contributed by atoms with E-state index in [0.717, 1.165) is 11.1 Å². The zero-order valence-corrected chi connectivity index (χ0v) is 17.1. The maximum Gasteiger partial charge on any atom is 0.295 e. The summed E-state index contributed by atoms with van der Waals surface area (Å²) in [5.74, 6) is -0.383. The number of hydrogen-bond acceptors (Lipinski definition) is 3. The first kappa shape index (κ1) is 19.8. The number of carbonyl (C=O) groups excluding carboxylic acids is 1. The van der Waals surface area contributed by atoms with Gasteiger partial charge in [0.15, 0.2) is 5.82 Å². The lowest BCUT2D eigenvalue weighted by molar-refractivity contribution is 0.101. The molecule has 1 heterocycles. The molecule has 5 nitrogen and oxygen atoms in total. The van der Waals surface area contributed by atoms with Crippen LogP contribution in [0.1, 0.15) is 21.7 Å². The highest BCUT2D eigenvalue weighted by Gasteiger charge is 2.19. The van der Waals surface area contributed by atoms with E-state index in [9.17, 15) is 9.18 Å². The van der Waals surface area contributed by atoms with Crippen molar-refractivity contribution < 1.29 is 9.18 Å². The van der Waals surface area contributed by atoms with Gasteiger partial charge in [0.2, 0.25) is 5.82 Å². The van der Waals surface area contributed by atoms with E-state index in [1.807, 2.05) is 38.1 Å². The second-order valence-electron chi connectivity index (χ2n) is 6.93. The van der Waals surface area contributed by atoms with Crippen molar-refractivity contribution in [3.8, 4) is 17.1 Å². The van der Waals surface area contributed by atoms with Crippen LogP contribution < -0.4 is 5.32 Å². The van der Waals surface area contributed by atoms with Crippen LogP contribution >= 0.6 is 11.6 Å². The first-order chi connectivity index (χ1) is 14.4. The van der Waals surface area contributed by atoms with Crippen LogP contribution in [0.25, 0.3) is 17.1 Å². The number of hydrogen-bond donors (Lipinski definition) is 1. The van der Waals surface area contributed by atoms with Crippen LogP contribution in [0.15, 0.2) is 66.7 Å². The standard InChI is InChI=1S/C23H18ClFN4O/c1-14-6-11-20(15(2)12-14)26-23(30)21-27-22(16-4-3-5-17(24)13-16)29(28-21)19-9-7-18(25)8-10-19/h3-13H,1-2H3,(H,26,30). The number of anilines is 1. The molecule has 0 atom stereocenters. The van der Waals surface area contributed by atoms with Crippen LogP contribution in [0.3, 0.4) is 0 Å². The highest BCUT2D eigenvalue weighted by Crippen LogP contribution is 2.25. The lowest BCUT2D eigenvalue weighted by Gasteiger charge is -2.07. The summed E-state index contributed by atoms with van der Waals surface area (Å²) in [6.45, 7) is 3.91. The summed E-state index contributed by atoms with van der Waals surface area (Å²) in [6, 6.07) is 18.6. The van der Waals surface area contributed by atoms with E-state index in [4.69, 9.17) is 11.6 Å². The van der Waals surface area contributed by atoms with Crippen molar-refractivity contribution >= 4 is 23.2 Å². The van der Waals surface area contributed by atoms with Gasteiger partial charge in [-0.1, -0.05) is 41.4 Å². The monoisotopic (exact) mass is 420 g/mol. The number of halogens is 2. The Morgan fingerprint density at radius 1 is 1.03 bits per heavy atom. The first-order valence-electron chi connectivity index (χ1n) is 9.28. The van der Waals surface area contributed by atoms with Gasteiger partial charge in [-0.2, -0.15) is 0 Å². The number of carbonyl (C=O) groups is 1. The van der Waals surface area contributed by atoms with Crippen molar-refractivity contribution in [1.82, 2.24) is 14.8 Å². The maximum atomic E-state index is 13.4. The Bertz CT molecular complexity index is 1230. The third kappa shape index (κ3) is 4.09. The van der Waals surface area contributed by atoms with Gasteiger partial charge < -0.3 is 5.32 Å². The molecule has 0 saturated carbocycles. The number of aryl methyl sites for hydroxylation is 2. The molecule has 4 aromatic rings. The molecule has 7 heteroatoms. The van der Waals surface area contributed by atoms with E-state index in [2.05, 4.69) is 15.4 Å². The lowest BCUT2D eigenvalue weighted by atomic mass is 10.1. The first-order valence-corrected chi connectivity index (χ1v) is 9.66. The normalized spacial score (nSPS) is 10.8. The van der Waals surface area contributed by atoms with Crippen LogP contribution in [-0.2, 0) is 0 Å². The molecule has 4 rings (SSSR count). The molecule has 0 aliphatic carbocycles. The summed E-state index contributed by atoms with van der Waals surface area (Å²) in [5, 5.41) is 7.77. The fourth-order valence-electron chi connectivity index (χ4n) is 3.12. The van der Waals surface area contributed by atoms with E-state index >= 15 is 0 Å². The molecule has 1 amide bonds. The van der Waals surface area contributed by atoms with E-state index in [-0.39, 0.29) is 11.6 Å². The maximum absolute atomic E-state index is 13.4. The van der Waals surface area contributed by atoms with Gasteiger partial charge >= 0.3 is 0 Å². The minimum absolute atomic E-state index is 0.00530. The minimum atomic E-state index is -0.439. The molecule has 1 N–H and O–H groups in total. The highest BCUT2D eigenvalue weighted by atomic mass is 35.5. The molecular formula is C23H18ClFN4O. The second-order valence-corrected chi connectivity index (χ2v) is 7.37. The molecular weight excluding hydrogens is 403 g/mol. The molecule has 3 aromatic carbocycles. The summed E-state index contributed by atoms with van der Waals surface area (Å²) in [5.41, 5.74) is 3.99. The quantitative estimate of drug-likeness (QED) is 0.467. The van der Waals surface area contributed by atoms with Gasteiger partial charge in [0.05, 0.1) is 5.69 Å². The second kappa shape index (κ2) is 8.08. The Balaban J connectivity index is 1.76. The summed E-state index contributed by atoms with van der Waals surface area (Å²) in [7, 11) is 0. The van der Waals surface area contributed by atoms with Gasteiger partial charge in [0.1, 0.15) is 5.82 Å². The number of benzene rings is 3. The molecule has 30 heavy (non-hydrogen) atoms. The SMILES string of the molecule is Cc1ccc(NC(=O)c2nc(-c3cccc(Cl)c3)n(-c3ccc(F)cc3)n2)c(C)c1. The highest BCUT2D eigenvalue weighted by molar-refractivity contribution is 6.30. The van der Waals surface area contributed by atoms with Crippen molar-refractivity contribution in [1.29, 1.82) is 0 Å². The van der Waals surface area contributed by atoms with Gasteiger partial charge in [-0.15, -0.1) is 5.10 Å². The molecule has 0 fully saturated rings. The fraction of sp³-hybridized carbons (Fsp3) is 0.0870. The Morgan fingerprint density at radius 2 is 1.80 bits per heavy atom. The molecule has 0 spiro atoms. The summed E-state index contributed by atoms with van der Waals surface area (Å²) in [6.07, 6.45) is 0. The predicted molar refractivity (Wildman–Crippen MR) is 116 cm³/mol. The van der Waals surface area contributed by atoms with Crippen molar-refractivity contribution in [2.75, 3.05) is 5.32 Å². The number of amides is 1.